The molecule has 0 bridgehead atoms. The van der Waals surface area contributed by atoms with E-state index in [2.05, 4.69) is 24.1 Å². The van der Waals surface area contributed by atoms with Gasteiger partial charge in [-0.25, -0.2) is 0 Å². The Labute approximate surface area is 120 Å². The number of rotatable bonds is 5. The number of fused-ring (bicyclic) bond motifs is 1. The van der Waals surface area contributed by atoms with E-state index in [-0.39, 0.29) is 5.91 Å². The van der Waals surface area contributed by atoms with Crippen LogP contribution in [0.3, 0.4) is 0 Å². The van der Waals surface area contributed by atoms with Crippen molar-refractivity contribution in [2.24, 2.45) is 0 Å². The number of likely N-dealkylation sites (N-methyl/N-ethyl adjacent to an activating group) is 1. The van der Waals surface area contributed by atoms with Crippen molar-refractivity contribution in [3.63, 3.8) is 0 Å². The maximum Gasteiger partial charge on any atom is 0.251 e. The lowest BCUT2D eigenvalue weighted by molar-refractivity contribution is 0.0951. The average molecular weight is 273 g/mol. The summed E-state index contributed by atoms with van der Waals surface area (Å²) >= 11 is 0. The maximum atomic E-state index is 12.1. The number of amides is 1. The molecule has 1 aromatic heterocycles. The van der Waals surface area contributed by atoms with E-state index >= 15 is 0 Å². The van der Waals surface area contributed by atoms with E-state index in [1.807, 2.05) is 37.2 Å². The summed E-state index contributed by atoms with van der Waals surface area (Å²) < 4.78 is 0. The van der Waals surface area contributed by atoms with Gasteiger partial charge in [-0.05, 0) is 51.2 Å². The third-order valence-electron chi connectivity index (χ3n) is 3.62. The maximum absolute atomic E-state index is 12.1. The number of hydrogen-bond acceptors (Lipinski definition) is 2. The predicted molar refractivity (Wildman–Crippen MR) is 83.3 cm³/mol. The molecule has 2 N–H and O–H groups in total. The molecule has 0 spiro atoms. The lowest BCUT2D eigenvalue weighted by Crippen LogP contribution is -2.31. The van der Waals surface area contributed by atoms with E-state index in [0.29, 0.717) is 6.54 Å². The molecule has 1 heterocycles. The van der Waals surface area contributed by atoms with Crippen molar-refractivity contribution < 1.29 is 4.79 Å². The smallest absolute Gasteiger partial charge is 0.251 e. The molecule has 2 aromatic rings. The van der Waals surface area contributed by atoms with Gasteiger partial charge in [-0.2, -0.15) is 0 Å². The minimum Gasteiger partial charge on any atom is -0.358 e. The summed E-state index contributed by atoms with van der Waals surface area (Å²) in [4.78, 5) is 17.6. The molecule has 0 unspecified atom stereocenters. The Kier molecular flexibility index (Phi) is 4.45. The van der Waals surface area contributed by atoms with Crippen LogP contribution in [-0.2, 0) is 6.42 Å². The topological polar surface area (TPSA) is 48.1 Å². The lowest BCUT2D eigenvalue weighted by atomic mass is 10.1. The number of H-pyrrole nitrogens is 1. The molecule has 2 rings (SSSR count). The minimum absolute atomic E-state index is 0.00704. The Bertz CT molecular complexity index is 613. The summed E-state index contributed by atoms with van der Waals surface area (Å²) in [6.07, 6.45) is 0.977. The van der Waals surface area contributed by atoms with Gasteiger partial charge in [-0.1, -0.05) is 6.92 Å². The molecule has 108 valence electrons. The van der Waals surface area contributed by atoms with Gasteiger partial charge in [0.25, 0.3) is 5.91 Å². The molecule has 4 heteroatoms. The van der Waals surface area contributed by atoms with E-state index in [9.17, 15) is 4.79 Å². The summed E-state index contributed by atoms with van der Waals surface area (Å²) in [6.45, 7) is 5.74. The number of carbonyl (C=O) groups is 1. The fourth-order valence-electron chi connectivity index (χ4n) is 2.37. The number of aromatic amines is 1. The van der Waals surface area contributed by atoms with Crippen molar-refractivity contribution in [1.29, 1.82) is 0 Å². The van der Waals surface area contributed by atoms with Crippen LogP contribution in [0.2, 0.25) is 0 Å². The van der Waals surface area contributed by atoms with Crippen molar-refractivity contribution in [2.45, 2.75) is 20.3 Å². The molecule has 0 radical (unpaired) electrons. The first-order valence-electron chi connectivity index (χ1n) is 7.07. The van der Waals surface area contributed by atoms with Crippen LogP contribution in [0.5, 0.6) is 0 Å². The Morgan fingerprint density at radius 1 is 1.35 bits per heavy atom. The fourth-order valence-corrected chi connectivity index (χ4v) is 2.37. The molecule has 0 fully saturated rings. The van der Waals surface area contributed by atoms with Gasteiger partial charge in [-0.15, -0.1) is 0 Å². The van der Waals surface area contributed by atoms with Crippen molar-refractivity contribution >= 4 is 16.8 Å². The third-order valence-corrected chi connectivity index (χ3v) is 3.62. The van der Waals surface area contributed by atoms with Gasteiger partial charge >= 0.3 is 0 Å². The van der Waals surface area contributed by atoms with E-state index in [1.54, 1.807) is 0 Å². The Hall–Kier alpha value is -1.81. The van der Waals surface area contributed by atoms with Crippen LogP contribution < -0.4 is 5.32 Å². The van der Waals surface area contributed by atoms with Gasteiger partial charge in [0.2, 0.25) is 0 Å². The third kappa shape index (κ3) is 3.02. The molecular weight excluding hydrogens is 250 g/mol. The van der Waals surface area contributed by atoms with Crippen LogP contribution in [0.1, 0.15) is 28.5 Å². The second-order valence-electron chi connectivity index (χ2n) is 5.40. The quantitative estimate of drug-likeness (QED) is 0.878. The molecule has 0 saturated carbocycles. The minimum atomic E-state index is -0.00704. The standard InChI is InChI=1S/C16H23N3O/c1-5-14-11(2)13-10-12(6-7-15(13)18-14)16(20)17-8-9-19(3)4/h6-7,10,18H,5,8-9H2,1-4H3,(H,17,20). The SMILES string of the molecule is CCc1[nH]c2ccc(C(=O)NCCN(C)C)cc2c1C. The first kappa shape index (κ1) is 14.6. The summed E-state index contributed by atoms with van der Waals surface area (Å²) in [7, 11) is 3.99. The highest BCUT2D eigenvalue weighted by molar-refractivity contribution is 5.99. The molecule has 20 heavy (non-hydrogen) atoms. The van der Waals surface area contributed by atoms with Crippen molar-refractivity contribution in [2.75, 3.05) is 27.2 Å². The van der Waals surface area contributed by atoms with Crippen LogP contribution >= 0.6 is 0 Å². The monoisotopic (exact) mass is 273 g/mol. The van der Waals surface area contributed by atoms with Gasteiger partial charge in [0, 0.05) is 35.2 Å². The highest BCUT2D eigenvalue weighted by Gasteiger charge is 2.10. The van der Waals surface area contributed by atoms with Crippen molar-refractivity contribution in [3.05, 3.63) is 35.0 Å². The number of carbonyl (C=O) groups excluding carboxylic acids is 1. The summed E-state index contributed by atoms with van der Waals surface area (Å²) in [6, 6.07) is 5.84. The second-order valence-corrected chi connectivity index (χ2v) is 5.40. The van der Waals surface area contributed by atoms with E-state index in [1.165, 1.54) is 11.3 Å². The van der Waals surface area contributed by atoms with Gasteiger partial charge in [0.05, 0.1) is 0 Å². The molecule has 0 aliphatic heterocycles. The summed E-state index contributed by atoms with van der Waals surface area (Å²) in [5.74, 6) is -0.00704. The van der Waals surface area contributed by atoms with Crippen LogP contribution in [-0.4, -0.2) is 43.0 Å². The largest absolute Gasteiger partial charge is 0.358 e. The Morgan fingerprint density at radius 2 is 2.10 bits per heavy atom. The van der Waals surface area contributed by atoms with Crippen LogP contribution in [0.15, 0.2) is 18.2 Å². The van der Waals surface area contributed by atoms with Gasteiger partial charge in [0.1, 0.15) is 0 Å². The second kappa shape index (κ2) is 6.09. The molecule has 1 amide bonds. The molecule has 0 atom stereocenters. The molecule has 0 aliphatic rings. The Balaban J connectivity index is 2.18. The van der Waals surface area contributed by atoms with E-state index < -0.39 is 0 Å². The highest BCUT2D eigenvalue weighted by atomic mass is 16.1. The summed E-state index contributed by atoms with van der Waals surface area (Å²) in [5, 5.41) is 4.09. The van der Waals surface area contributed by atoms with Crippen LogP contribution in [0, 0.1) is 6.92 Å². The molecule has 1 aromatic carbocycles. The van der Waals surface area contributed by atoms with E-state index in [4.69, 9.17) is 0 Å². The number of aryl methyl sites for hydroxylation is 2. The van der Waals surface area contributed by atoms with Crippen LogP contribution in [0.4, 0.5) is 0 Å². The normalized spacial score (nSPS) is 11.2. The number of hydrogen-bond donors (Lipinski definition) is 2. The zero-order valence-corrected chi connectivity index (χ0v) is 12.7. The highest BCUT2D eigenvalue weighted by Crippen LogP contribution is 2.23. The van der Waals surface area contributed by atoms with Gasteiger partial charge in [0.15, 0.2) is 0 Å². The van der Waals surface area contributed by atoms with Gasteiger partial charge < -0.3 is 15.2 Å². The van der Waals surface area contributed by atoms with Gasteiger partial charge in [-0.3, -0.25) is 4.79 Å². The molecule has 0 saturated heterocycles. The average Bonchev–Trinajstić information content (AvgIpc) is 2.74. The number of nitrogens with zero attached hydrogens (tertiary/aromatic N) is 1. The Morgan fingerprint density at radius 3 is 2.75 bits per heavy atom. The van der Waals surface area contributed by atoms with Crippen LogP contribution in [0.25, 0.3) is 10.9 Å². The first-order chi connectivity index (χ1) is 9.52. The number of benzene rings is 1. The predicted octanol–water partition coefficient (Wildman–Crippen LogP) is 2.33. The van der Waals surface area contributed by atoms with E-state index in [0.717, 1.165) is 29.4 Å². The fraction of sp³-hybridized carbons (Fsp3) is 0.438. The molecule has 4 nitrogen and oxygen atoms in total. The zero-order chi connectivity index (χ0) is 14.7. The lowest BCUT2D eigenvalue weighted by Gasteiger charge is -2.10. The number of aromatic nitrogens is 1. The summed E-state index contributed by atoms with van der Waals surface area (Å²) in [5.41, 5.74) is 4.31. The zero-order valence-electron chi connectivity index (χ0n) is 12.7. The molecule has 0 aliphatic carbocycles. The van der Waals surface area contributed by atoms with Crippen molar-refractivity contribution in [1.82, 2.24) is 15.2 Å². The van der Waals surface area contributed by atoms with Crippen molar-refractivity contribution in [3.8, 4) is 0 Å². The first-order valence-corrected chi connectivity index (χ1v) is 7.07. The number of nitrogens with one attached hydrogen (secondary N) is 2. The molecular formula is C16H23N3O.